The lowest BCUT2D eigenvalue weighted by molar-refractivity contribution is -0.139. The molecule has 1 aliphatic heterocycles. The summed E-state index contributed by atoms with van der Waals surface area (Å²) in [5.74, 6) is -1.36. The summed E-state index contributed by atoms with van der Waals surface area (Å²) in [7, 11) is 0. The Hall–Kier alpha value is -3.43. The minimum atomic E-state index is -4.86. The molecule has 0 bridgehead atoms. The largest absolute Gasteiger partial charge is 0.508 e. The number of carbonyl (C=O) groups excluding carboxylic acids is 1. The maximum Gasteiger partial charge on any atom is 0.434 e. The fourth-order valence-corrected chi connectivity index (χ4v) is 4.05. The molecule has 3 heterocycles. The van der Waals surface area contributed by atoms with E-state index in [2.05, 4.69) is 4.98 Å². The van der Waals surface area contributed by atoms with Crippen LogP contribution in [0.3, 0.4) is 0 Å². The first kappa shape index (κ1) is 19.9. The van der Waals surface area contributed by atoms with Gasteiger partial charge in [-0.3, -0.25) is 9.36 Å². The van der Waals surface area contributed by atoms with Gasteiger partial charge in [0.15, 0.2) is 11.4 Å². The molecule has 1 aliphatic rings. The van der Waals surface area contributed by atoms with Gasteiger partial charge in [-0.15, -0.1) is 0 Å². The molecule has 4 rings (SSSR count). The third-order valence-electron chi connectivity index (χ3n) is 5.31. The number of hydrogen-bond acceptors (Lipinski definition) is 5. The zero-order valence-corrected chi connectivity index (χ0v) is 16.4. The topological polar surface area (TPSA) is 116 Å². The normalized spacial score (nSPS) is 16.0. The van der Waals surface area contributed by atoms with Crippen LogP contribution in [0.5, 0.6) is 11.5 Å². The van der Waals surface area contributed by atoms with Gasteiger partial charge in [-0.1, -0.05) is 6.07 Å². The number of primary amides is 1. The Kier molecular flexibility index (Phi) is 4.16. The molecule has 0 aliphatic carbocycles. The van der Waals surface area contributed by atoms with E-state index in [4.69, 9.17) is 16.2 Å². The Labute approximate surface area is 169 Å². The monoisotopic (exact) mass is 420 g/mol. The molecule has 1 aromatic carbocycles. The predicted molar refractivity (Wildman–Crippen MR) is 104 cm³/mol. The number of alkyl halides is 3. The van der Waals surface area contributed by atoms with E-state index in [1.165, 1.54) is 10.6 Å². The molecule has 1 atom stereocenters. The number of nitrogens with zero attached hydrogens (tertiary/aromatic N) is 2. The molecule has 5 N–H and O–H groups in total. The first-order chi connectivity index (χ1) is 13.9. The number of aromatic hydroxyl groups is 1. The van der Waals surface area contributed by atoms with Crippen LogP contribution in [0.1, 0.15) is 39.8 Å². The standard InChI is InChI=1S/C20H19F3N4O3/c1-7-4-5-11(28)9(3)14(7)27-15-12(13(18(27)24)19(25)29)17(20(21,22)23)26-10-6-8(2)30-16(10)15/h4-5,8,28H,6,24H2,1-3H3,(H2,25,29). The van der Waals surface area contributed by atoms with Gasteiger partial charge in [0.1, 0.15) is 23.2 Å². The Morgan fingerprint density at radius 2 is 2.00 bits per heavy atom. The Morgan fingerprint density at radius 3 is 2.60 bits per heavy atom. The van der Waals surface area contributed by atoms with Gasteiger partial charge in [0.2, 0.25) is 0 Å². The van der Waals surface area contributed by atoms with E-state index in [0.717, 1.165) is 0 Å². The highest BCUT2D eigenvalue weighted by Gasteiger charge is 2.42. The molecule has 30 heavy (non-hydrogen) atoms. The van der Waals surface area contributed by atoms with Crippen LogP contribution < -0.4 is 16.2 Å². The Morgan fingerprint density at radius 1 is 1.33 bits per heavy atom. The number of pyridine rings is 1. The number of phenols is 1. The van der Waals surface area contributed by atoms with Gasteiger partial charge in [-0.2, -0.15) is 13.2 Å². The molecule has 1 unspecified atom stereocenters. The molecule has 0 saturated carbocycles. The number of carbonyl (C=O) groups is 1. The molecule has 2 aromatic heterocycles. The van der Waals surface area contributed by atoms with Crippen LogP contribution in [-0.2, 0) is 12.6 Å². The van der Waals surface area contributed by atoms with E-state index >= 15 is 0 Å². The number of aryl methyl sites for hydroxylation is 1. The van der Waals surface area contributed by atoms with Crippen molar-refractivity contribution in [3.63, 3.8) is 0 Å². The summed E-state index contributed by atoms with van der Waals surface area (Å²) >= 11 is 0. The van der Waals surface area contributed by atoms with Gasteiger partial charge in [-0.25, -0.2) is 4.98 Å². The maximum atomic E-state index is 13.9. The molecule has 0 spiro atoms. The summed E-state index contributed by atoms with van der Waals surface area (Å²) in [6.45, 7) is 5.02. The number of ether oxygens (including phenoxy) is 1. The number of aromatic nitrogens is 2. The number of nitrogen functional groups attached to an aromatic ring is 1. The van der Waals surface area contributed by atoms with Crippen LogP contribution in [0.15, 0.2) is 12.1 Å². The van der Waals surface area contributed by atoms with Crippen molar-refractivity contribution >= 4 is 22.6 Å². The second-order valence-electron chi connectivity index (χ2n) is 7.43. The molecule has 1 amide bonds. The number of fused-ring (bicyclic) bond motifs is 3. The van der Waals surface area contributed by atoms with Crippen molar-refractivity contribution in [1.82, 2.24) is 9.55 Å². The fourth-order valence-electron chi connectivity index (χ4n) is 4.05. The highest BCUT2D eigenvalue weighted by Crippen LogP contribution is 2.47. The van der Waals surface area contributed by atoms with Gasteiger partial charge in [-0.05, 0) is 32.4 Å². The van der Waals surface area contributed by atoms with Crippen LogP contribution in [0, 0.1) is 13.8 Å². The fraction of sp³-hybridized carbons (Fsp3) is 0.300. The molecular formula is C20H19F3N4O3. The number of amides is 1. The van der Waals surface area contributed by atoms with E-state index in [1.807, 2.05) is 0 Å². The number of hydrogen-bond donors (Lipinski definition) is 3. The molecule has 7 nitrogen and oxygen atoms in total. The van der Waals surface area contributed by atoms with Crippen molar-refractivity contribution < 1.29 is 27.8 Å². The quantitative estimate of drug-likeness (QED) is 0.588. The second-order valence-corrected chi connectivity index (χ2v) is 7.43. The molecule has 3 aromatic rings. The smallest absolute Gasteiger partial charge is 0.434 e. The van der Waals surface area contributed by atoms with E-state index in [0.29, 0.717) is 16.8 Å². The molecule has 158 valence electrons. The van der Waals surface area contributed by atoms with Gasteiger partial charge in [0.05, 0.1) is 16.9 Å². The first-order valence-electron chi connectivity index (χ1n) is 9.13. The van der Waals surface area contributed by atoms with E-state index in [-0.39, 0.29) is 34.9 Å². The summed E-state index contributed by atoms with van der Waals surface area (Å²) in [6.07, 6.45) is -5.10. The number of anilines is 1. The van der Waals surface area contributed by atoms with Gasteiger partial charge in [0, 0.05) is 17.4 Å². The SMILES string of the molecule is Cc1ccc(O)c(C)c1-n1c(N)c(C(N)=O)c2c(C(F)(F)F)nc3c(c21)OC(C)C3. The average Bonchev–Trinajstić information content (AvgIpc) is 3.14. The van der Waals surface area contributed by atoms with Crippen molar-refractivity contribution in [2.45, 2.75) is 39.5 Å². The zero-order valence-electron chi connectivity index (χ0n) is 16.4. The first-order valence-corrected chi connectivity index (χ1v) is 9.13. The number of benzene rings is 1. The minimum absolute atomic E-state index is 0.0419. The number of nitrogens with two attached hydrogens (primary N) is 2. The molecule has 0 saturated heterocycles. The van der Waals surface area contributed by atoms with Crippen molar-refractivity contribution in [3.8, 4) is 17.2 Å². The second kappa shape index (κ2) is 6.28. The minimum Gasteiger partial charge on any atom is -0.508 e. The van der Waals surface area contributed by atoms with Crippen LogP contribution >= 0.6 is 0 Å². The van der Waals surface area contributed by atoms with Crippen LogP contribution in [0.4, 0.5) is 19.0 Å². The van der Waals surface area contributed by atoms with E-state index < -0.39 is 34.8 Å². The van der Waals surface area contributed by atoms with Crippen molar-refractivity contribution in [3.05, 3.63) is 40.2 Å². The summed E-state index contributed by atoms with van der Waals surface area (Å²) in [5, 5.41) is 9.70. The van der Waals surface area contributed by atoms with Gasteiger partial charge in [0.25, 0.3) is 5.91 Å². The third kappa shape index (κ3) is 2.66. The Balaban J connectivity index is 2.30. The lowest BCUT2D eigenvalue weighted by atomic mass is 10.1. The molecule has 10 heteroatoms. The summed E-state index contributed by atoms with van der Waals surface area (Å²) < 4.78 is 48.9. The summed E-state index contributed by atoms with van der Waals surface area (Å²) in [5.41, 5.74) is 11.3. The third-order valence-corrected chi connectivity index (χ3v) is 5.31. The van der Waals surface area contributed by atoms with Crippen molar-refractivity contribution in [2.24, 2.45) is 5.73 Å². The van der Waals surface area contributed by atoms with Gasteiger partial charge >= 0.3 is 6.18 Å². The van der Waals surface area contributed by atoms with E-state index in [9.17, 15) is 23.1 Å². The maximum absolute atomic E-state index is 13.9. The van der Waals surface area contributed by atoms with Gasteiger partial charge < -0.3 is 21.3 Å². The van der Waals surface area contributed by atoms with Crippen molar-refractivity contribution in [1.29, 1.82) is 0 Å². The van der Waals surface area contributed by atoms with Crippen LogP contribution in [-0.4, -0.2) is 26.7 Å². The number of phenolic OH excluding ortho intramolecular Hbond substituents is 1. The number of halogens is 3. The van der Waals surface area contributed by atoms with Crippen molar-refractivity contribution in [2.75, 3.05) is 5.73 Å². The highest BCUT2D eigenvalue weighted by molar-refractivity contribution is 6.14. The van der Waals surface area contributed by atoms with Crippen LogP contribution in [0.2, 0.25) is 0 Å². The Bertz CT molecular complexity index is 1230. The lowest BCUT2D eigenvalue weighted by Crippen LogP contribution is -2.16. The average molecular weight is 420 g/mol. The molecule has 0 radical (unpaired) electrons. The zero-order chi connectivity index (χ0) is 22.1. The summed E-state index contributed by atoms with van der Waals surface area (Å²) in [6, 6.07) is 3.07. The molecular weight excluding hydrogens is 401 g/mol. The van der Waals surface area contributed by atoms with Crippen LogP contribution in [0.25, 0.3) is 16.6 Å². The summed E-state index contributed by atoms with van der Waals surface area (Å²) in [4.78, 5) is 16.0. The molecule has 0 fully saturated rings. The number of rotatable bonds is 2. The lowest BCUT2D eigenvalue weighted by Gasteiger charge is -2.17. The highest BCUT2D eigenvalue weighted by atomic mass is 19.4. The van der Waals surface area contributed by atoms with E-state index in [1.54, 1.807) is 26.8 Å². The predicted octanol–water partition coefficient (Wildman–Crippen LogP) is 3.37.